The van der Waals surface area contributed by atoms with Crippen LogP contribution < -0.4 is 153 Å². The predicted octanol–water partition coefficient (Wildman–Crippen LogP) is -36.2. The summed E-state index contributed by atoms with van der Waals surface area (Å²) in [6, 6.07) is 0. The van der Waals surface area contributed by atoms with Crippen LogP contribution in [0.15, 0.2) is 4.42 Å². The van der Waals surface area contributed by atoms with E-state index in [2.05, 4.69) is 220 Å². The topological polar surface area (TPSA) is 13.1 Å². The lowest BCUT2D eigenvalue weighted by Crippen LogP contribution is -2.57. The molecule has 0 aliphatic carbocycles. The van der Waals surface area contributed by atoms with E-state index in [1.54, 1.807) is 0 Å². The molecule has 322 valence electrons. The van der Waals surface area contributed by atoms with Gasteiger partial charge in [-0.15, -0.1) is 60.1 Å². The molecule has 9 aromatic rings. The Morgan fingerprint density at radius 2 is 0.301 bits per heavy atom. The summed E-state index contributed by atoms with van der Waals surface area (Å²) >= 11 is 0. The minimum Gasteiger partial charge on any atom is -0.457 e. The highest BCUT2D eigenvalue weighted by atomic mass is 16.3. The van der Waals surface area contributed by atoms with Crippen molar-refractivity contribution in [3.63, 3.8) is 0 Å². The molecular formula is C44H56B28O. The van der Waals surface area contributed by atoms with Gasteiger partial charge >= 0.3 is 0 Å². The van der Waals surface area contributed by atoms with Crippen LogP contribution in [0.2, 0.25) is 0 Å². The van der Waals surface area contributed by atoms with Gasteiger partial charge in [0.15, 0.2) is 0 Å². The summed E-state index contributed by atoms with van der Waals surface area (Å²) in [7, 11) is 66.3. The molecule has 1 aromatic heterocycles. The van der Waals surface area contributed by atoms with Gasteiger partial charge in [0.1, 0.15) is 231 Å². The zero-order valence-corrected chi connectivity index (χ0v) is 50.4. The molecule has 0 fully saturated rings. The molecule has 0 unspecified atom stereocenters. The van der Waals surface area contributed by atoms with Crippen LogP contribution in [0.25, 0.3) is 88.0 Å². The third kappa shape index (κ3) is 7.09. The van der Waals surface area contributed by atoms with E-state index >= 15 is 0 Å². The third-order valence-electron chi connectivity index (χ3n) is 21.0. The first-order valence-corrected chi connectivity index (χ1v) is 27.2. The molecule has 0 amide bonds. The molecular weight excluding hydrogens is 847 g/mol. The number of rotatable bonds is 4. The van der Waals surface area contributed by atoms with Crippen molar-refractivity contribution < 1.29 is 4.42 Å². The van der Waals surface area contributed by atoms with E-state index < -0.39 is 0 Å². The number of hydrogen-bond acceptors (Lipinski definition) is 1. The summed E-state index contributed by atoms with van der Waals surface area (Å²) in [6.45, 7) is 0. The third-order valence-corrected chi connectivity index (χ3v) is 21.0. The van der Waals surface area contributed by atoms with Crippen LogP contribution in [0.4, 0.5) is 0 Å². The first kappa shape index (κ1) is 53.7. The van der Waals surface area contributed by atoms with Gasteiger partial charge in [-0.05, 0) is 66.1 Å². The molecule has 0 atom stereocenters. The minimum absolute atomic E-state index is 1.03. The second-order valence-electron chi connectivity index (χ2n) is 23.5. The molecule has 1 nitrogen and oxygen atoms in total. The van der Waals surface area contributed by atoms with Crippen molar-refractivity contribution in [1.82, 2.24) is 0 Å². The fraction of sp³-hybridized carbons (Fsp3) is 0. The second-order valence-corrected chi connectivity index (χ2v) is 23.5. The Balaban J connectivity index is 1.64. The summed E-state index contributed by atoms with van der Waals surface area (Å²) in [5.41, 5.74) is 51.3. The lowest BCUT2D eigenvalue weighted by atomic mass is 9.54. The molecule has 0 aliphatic rings. The van der Waals surface area contributed by atoms with Crippen molar-refractivity contribution in [2.45, 2.75) is 0 Å². The van der Waals surface area contributed by atoms with E-state index in [4.69, 9.17) is 4.42 Å². The largest absolute Gasteiger partial charge is 0.457 e. The van der Waals surface area contributed by atoms with E-state index in [1.165, 1.54) is 230 Å². The van der Waals surface area contributed by atoms with E-state index in [0.29, 0.717) is 0 Å². The number of fused-ring (bicyclic) bond motifs is 5. The van der Waals surface area contributed by atoms with Crippen LogP contribution in [0.5, 0.6) is 0 Å². The zero-order valence-electron chi connectivity index (χ0n) is 50.4. The minimum atomic E-state index is 1.03. The van der Waals surface area contributed by atoms with Crippen molar-refractivity contribution in [2.75, 3.05) is 0 Å². The van der Waals surface area contributed by atoms with Gasteiger partial charge in [0.05, 0.1) is 0 Å². The van der Waals surface area contributed by atoms with Crippen LogP contribution in [0.3, 0.4) is 0 Å². The predicted molar refractivity (Wildman–Crippen MR) is 419 cm³/mol. The van der Waals surface area contributed by atoms with E-state index in [0.717, 1.165) is 11.2 Å². The molecule has 0 bridgehead atoms. The Bertz CT molecular complexity index is 3980. The number of benzene rings is 8. The molecule has 73 heavy (non-hydrogen) atoms. The first-order chi connectivity index (χ1) is 34.0. The van der Waals surface area contributed by atoms with Crippen molar-refractivity contribution in [3.05, 3.63) is 0 Å². The molecule has 0 aliphatic heterocycles. The smallest absolute Gasteiger partial charge is 0.143 e. The van der Waals surface area contributed by atoms with Gasteiger partial charge in [-0.3, -0.25) is 0 Å². The van der Waals surface area contributed by atoms with Crippen LogP contribution in [0.1, 0.15) is 0 Å². The average Bonchev–Trinajstić information content (AvgIpc) is 3.77. The molecule has 9 rings (SSSR count). The van der Waals surface area contributed by atoms with E-state index in [9.17, 15) is 0 Å². The highest BCUT2D eigenvalue weighted by Crippen LogP contribution is 2.41. The van der Waals surface area contributed by atoms with Crippen LogP contribution in [-0.2, 0) is 0 Å². The van der Waals surface area contributed by atoms with Crippen LogP contribution >= 0.6 is 0 Å². The van der Waals surface area contributed by atoms with Crippen LogP contribution in [-0.4, -0.2) is 220 Å². The lowest BCUT2D eigenvalue weighted by molar-refractivity contribution is 0.675. The van der Waals surface area contributed by atoms with Crippen molar-refractivity contribution in [3.8, 4) is 44.5 Å². The summed E-state index contributed by atoms with van der Waals surface area (Å²) in [5.74, 6) is 0. The Kier molecular flexibility index (Phi) is 13.5. The van der Waals surface area contributed by atoms with Crippen molar-refractivity contribution >= 4 is 416 Å². The summed E-state index contributed by atoms with van der Waals surface area (Å²) in [5, 5.41) is 8.10. The Hall–Kier alpha value is -4.10. The normalized spacial score (nSPS) is 11.7. The van der Waals surface area contributed by atoms with Gasteiger partial charge in [0, 0.05) is 10.8 Å². The maximum atomic E-state index is 7.09. The quantitative estimate of drug-likeness (QED) is 0.127. The van der Waals surface area contributed by atoms with Crippen LogP contribution in [0, 0.1) is 0 Å². The number of furan rings is 1. The Morgan fingerprint density at radius 1 is 0.123 bits per heavy atom. The standard InChI is InChI=1S/C44H56B28O/c45-15-7(11-23(53)33(63)38(68)34(64)24(11)54)8(12-25(55)35(65)39(69)36(66)26(12)56)17(47)22(52)9(15)1-3-5(20(50)31(61)29(59)18(3)48)2(6-4(1)19(49)30(60)32(62)21(6)51)10-16(46)13-14-28(58)37(67)40(70)42(72)44(14)73-43(13)41(71)27(10)57/h45-72H2. The lowest BCUT2D eigenvalue weighted by Gasteiger charge is -2.34. The van der Waals surface area contributed by atoms with Gasteiger partial charge in [-0.1, -0.05) is 92.9 Å². The second kappa shape index (κ2) is 18.3. The summed E-state index contributed by atoms with van der Waals surface area (Å²) in [6.07, 6.45) is 0. The molecule has 0 saturated heterocycles. The SMILES string of the molecule is Bc1c(B)c(B)c(-c2c(B)c(B)c(-c3c4c(B)c(B)c(B)c(B)c4c(-c4c(B)c(B)c5oc6c(B)c(B)c(B)c(B)c6c5c4B)c4c(B)c(B)c(B)c(B)c34)c(B)c2-c2c(B)c(B)c(B)c(B)c2B)c(B)c1B. The monoisotopic (exact) mass is 909 g/mol. The average molecular weight is 904 g/mol. The molecule has 0 spiro atoms. The number of hydrogen-bond donors (Lipinski definition) is 0. The highest BCUT2D eigenvalue weighted by molar-refractivity contribution is 6.77. The van der Waals surface area contributed by atoms with Crippen molar-refractivity contribution in [1.29, 1.82) is 0 Å². The van der Waals surface area contributed by atoms with Gasteiger partial charge < -0.3 is 4.42 Å². The Morgan fingerprint density at radius 3 is 0.644 bits per heavy atom. The maximum absolute atomic E-state index is 7.09. The molecule has 0 radical (unpaired) electrons. The maximum Gasteiger partial charge on any atom is 0.143 e. The fourth-order valence-electron chi connectivity index (χ4n) is 14.3. The molecule has 0 N–H and O–H groups in total. The van der Waals surface area contributed by atoms with E-state index in [-0.39, 0.29) is 0 Å². The van der Waals surface area contributed by atoms with Crippen molar-refractivity contribution in [2.24, 2.45) is 0 Å². The highest BCUT2D eigenvalue weighted by Gasteiger charge is 2.33. The fourth-order valence-corrected chi connectivity index (χ4v) is 14.3. The molecule has 8 aromatic carbocycles. The first-order valence-electron chi connectivity index (χ1n) is 27.2. The summed E-state index contributed by atoms with van der Waals surface area (Å²) < 4.78 is 7.09. The molecule has 1 heterocycles. The van der Waals surface area contributed by atoms with Gasteiger partial charge in [0.2, 0.25) is 0 Å². The zero-order chi connectivity index (χ0) is 54.1. The molecule has 0 saturated carbocycles. The van der Waals surface area contributed by atoms with Gasteiger partial charge in [0.25, 0.3) is 0 Å². The summed E-state index contributed by atoms with van der Waals surface area (Å²) in [4.78, 5) is 0. The molecule has 29 heteroatoms. The Labute approximate surface area is 461 Å². The van der Waals surface area contributed by atoms with E-state index in [1.807, 2.05) is 0 Å². The van der Waals surface area contributed by atoms with Gasteiger partial charge in [-0.25, -0.2) is 0 Å². The van der Waals surface area contributed by atoms with Gasteiger partial charge in [-0.2, -0.15) is 0 Å².